The summed E-state index contributed by atoms with van der Waals surface area (Å²) in [5, 5.41) is 2.77. The summed E-state index contributed by atoms with van der Waals surface area (Å²) in [4.78, 5) is 12.1. The maximum absolute atomic E-state index is 12.1. The second kappa shape index (κ2) is 5.75. The highest BCUT2D eigenvalue weighted by Gasteiger charge is 2.11. The maximum atomic E-state index is 12.1. The fraction of sp³-hybridized carbons (Fsp3) is 0.0714. The van der Waals surface area contributed by atoms with Crippen molar-refractivity contribution in [3.05, 3.63) is 52.5 Å². The minimum atomic E-state index is -0.229. The van der Waals surface area contributed by atoms with Gasteiger partial charge in [-0.25, -0.2) is 0 Å². The third-order valence-corrected chi connectivity index (χ3v) is 3.32. The van der Waals surface area contributed by atoms with Gasteiger partial charge in [-0.05, 0) is 40.2 Å². The van der Waals surface area contributed by atoms with Crippen molar-refractivity contribution in [3.63, 3.8) is 0 Å². The molecule has 0 fully saturated rings. The highest BCUT2D eigenvalue weighted by Crippen LogP contribution is 2.25. The number of ether oxygens (including phenoxy) is 1. The van der Waals surface area contributed by atoms with Gasteiger partial charge >= 0.3 is 0 Å². The minimum absolute atomic E-state index is 0.229. The van der Waals surface area contributed by atoms with Gasteiger partial charge < -0.3 is 15.8 Å². The van der Waals surface area contributed by atoms with Gasteiger partial charge in [0.05, 0.1) is 24.0 Å². The Kier molecular flexibility index (Phi) is 4.06. The van der Waals surface area contributed by atoms with E-state index in [0.29, 0.717) is 22.7 Å². The van der Waals surface area contributed by atoms with E-state index in [9.17, 15) is 4.79 Å². The van der Waals surface area contributed by atoms with Crippen molar-refractivity contribution >= 4 is 33.2 Å². The number of amides is 1. The Labute approximate surface area is 119 Å². The molecule has 19 heavy (non-hydrogen) atoms. The first kappa shape index (κ1) is 13.4. The summed E-state index contributed by atoms with van der Waals surface area (Å²) in [5.74, 6) is 0.407. The van der Waals surface area contributed by atoms with E-state index >= 15 is 0 Å². The number of nitrogens with one attached hydrogen (secondary N) is 1. The van der Waals surface area contributed by atoms with E-state index in [1.807, 2.05) is 12.1 Å². The van der Waals surface area contributed by atoms with Crippen LogP contribution < -0.4 is 15.8 Å². The number of benzene rings is 2. The van der Waals surface area contributed by atoms with Crippen molar-refractivity contribution in [1.82, 2.24) is 0 Å². The number of methoxy groups -OCH3 is 1. The second-order valence-corrected chi connectivity index (χ2v) is 4.74. The van der Waals surface area contributed by atoms with Gasteiger partial charge in [0.15, 0.2) is 0 Å². The number of nitrogens with two attached hydrogens (primary N) is 1. The van der Waals surface area contributed by atoms with E-state index in [-0.39, 0.29) is 5.91 Å². The third kappa shape index (κ3) is 3.06. The van der Waals surface area contributed by atoms with Gasteiger partial charge in [-0.15, -0.1) is 0 Å². The standard InChI is InChI=1S/C14H13BrN2O2/c1-19-9-6-7-12(16)13(8-9)17-14(18)10-4-2-3-5-11(10)15/h2-8H,16H2,1H3,(H,17,18). The van der Waals surface area contributed by atoms with Gasteiger partial charge in [0.25, 0.3) is 5.91 Å². The van der Waals surface area contributed by atoms with E-state index in [1.54, 1.807) is 37.4 Å². The van der Waals surface area contributed by atoms with Crippen LogP contribution in [0, 0.1) is 0 Å². The molecule has 0 bridgehead atoms. The van der Waals surface area contributed by atoms with E-state index in [4.69, 9.17) is 10.5 Å². The molecule has 2 aromatic carbocycles. The predicted octanol–water partition coefficient (Wildman–Crippen LogP) is 3.29. The highest BCUT2D eigenvalue weighted by atomic mass is 79.9. The lowest BCUT2D eigenvalue weighted by Gasteiger charge is -2.10. The fourth-order valence-electron chi connectivity index (χ4n) is 1.61. The molecule has 0 spiro atoms. The molecule has 3 N–H and O–H groups in total. The van der Waals surface area contributed by atoms with Crippen molar-refractivity contribution in [1.29, 1.82) is 0 Å². The molecule has 0 aromatic heterocycles. The Morgan fingerprint density at radius 3 is 2.68 bits per heavy atom. The number of carbonyl (C=O) groups excluding carboxylic acids is 1. The predicted molar refractivity (Wildman–Crippen MR) is 79.5 cm³/mol. The van der Waals surface area contributed by atoms with Gasteiger partial charge in [-0.3, -0.25) is 4.79 Å². The molecule has 0 unspecified atom stereocenters. The quantitative estimate of drug-likeness (QED) is 0.853. The molecule has 0 saturated carbocycles. The van der Waals surface area contributed by atoms with Crippen molar-refractivity contribution < 1.29 is 9.53 Å². The summed E-state index contributed by atoms with van der Waals surface area (Å²) in [7, 11) is 1.56. The first-order chi connectivity index (χ1) is 9.11. The Balaban J connectivity index is 2.26. The Morgan fingerprint density at radius 2 is 2.00 bits per heavy atom. The van der Waals surface area contributed by atoms with Gasteiger partial charge in [0.2, 0.25) is 0 Å². The smallest absolute Gasteiger partial charge is 0.256 e. The lowest BCUT2D eigenvalue weighted by molar-refractivity contribution is 0.102. The summed E-state index contributed by atoms with van der Waals surface area (Å²) in [5.41, 5.74) is 7.39. The topological polar surface area (TPSA) is 64.3 Å². The first-order valence-corrected chi connectivity index (χ1v) is 6.40. The maximum Gasteiger partial charge on any atom is 0.256 e. The molecule has 0 aliphatic carbocycles. The molecule has 4 nitrogen and oxygen atoms in total. The van der Waals surface area contributed by atoms with E-state index < -0.39 is 0 Å². The van der Waals surface area contributed by atoms with Gasteiger partial charge in [0, 0.05) is 10.5 Å². The molecule has 98 valence electrons. The number of hydrogen-bond donors (Lipinski definition) is 2. The second-order valence-electron chi connectivity index (χ2n) is 3.89. The molecule has 2 rings (SSSR count). The van der Waals surface area contributed by atoms with Crippen LogP contribution >= 0.6 is 15.9 Å². The summed E-state index contributed by atoms with van der Waals surface area (Å²) < 4.78 is 5.84. The molecule has 5 heteroatoms. The molecule has 1 amide bonds. The SMILES string of the molecule is COc1ccc(N)c(NC(=O)c2ccccc2Br)c1. The van der Waals surface area contributed by atoms with Crippen LogP contribution in [0.3, 0.4) is 0 Å². The van der Waals surface area contributed by atoms with Crippen LogP contribution in [-0.4, -0.2) is 13.0 Å². The molecule has 2 aromatic rings. The first-order valence-electron chi connectivity index (χ1n) is 5.61. The van der Waals surface area contributed by atoms with Crippen molar-refractivity contribution in [2.45, 2.75) is 0 Å². The lowest BCUT2D eigenvalue weighted by Crippen LogP contribution is -2.13. The van der Waals surface area contributed by atoms with Crippen LogP contribution in [0.15, 0.2) is 46.9 Å². The van der Waals surface area contributed by atoms with Crippen LogP contribution in [0.5, 0.6) is 5.75 Å². The summed E-state index contributed by atoms with van der Waals surface area (Å²) in [6.45, 7) is 0. The zero-order valence-corrected chi connectivity index (χ0v) is 11.9. The molecule has 0 aliphatic rings. The third-order valence-electron chi connectivity index (χ3n) is 2.63. The van der Waals surface area contributed by atoms with Gasteiger partial charge in [-0.1, -0.05) is 12.1 Å². The molecule has 0 atom stereocenters. The van der Waals surface area contributed by atoms with Crippen LogP contribution in [0.1, 0.15) is 10.4 Å². The number of anilines is 2. The number of halogens is 1. The molecule has 0 aliphatic heterocycles. The summed E-state index contributed by atoms with van der Waals surface area (Å²) >= 11 is 3.34. The Bertz CT molecular complexity index is 614. The number of hydrogen-bond acceptors (Lipinski definition) is 3. The van der Waals surface area contributed by atoms with E-state index in [0.717, 1.165) is 4.47 Å². The average molecular weight is 321 g/mol. The van der Waals surface area contributed by atoms with Gasteiger partial charge in [0.1, 0.15) is 5.75 Å². The van der Waals surface area contributed by atoms with E-state index in [2.05, 4.69) is 21.2 Å². The molecular formula is C14H13BrN2O2. The normalized spacial score (nSPS) is 10.0. The van der Waals surface area contributed by atoms with Crippen molar-refractivity contribution in [2.75, 3.05) is 18.2 Å². The molecule has 0 radical (unpaired) electrons. The van der Waals surface area contributed by atoms with E-state index in [1.165, 1.54) is 0 Å². The Morgan fingerprint density at radius 1 is 1.26 bits per heavy atom. The molecular weight excluding hydrogens is 308 g/mol. The van der Waals surface area contributed by atoms with Crippen molar-refractivity contribution in [3.8, 4) is 5.75 Å². The lowest BCUT2D eigenvalue weighted by atomic mass is 10.2. The molecule has 0 saturated heterocycles. The largest absolute Gasteiger partial charge is 0.497 e. The minimum Gasteiger partial charge on any atom is -0.497 e. The van der Waals surface area contributed by atoms with Crippen LogP contribution in [0.4, 0.5) is 11.4 Å². The monoisotopic (exact) mass is 320 g/mol. The molecule has 0 heterocycles. The number of carbonyl (C=O) groups is 1. The van der Waals surface area contributed by atoms with Crippen molar-refractivity contribution in [2.24, 2.45) is 0 Å². The zero-order chi connectivity index (χ0) is 13.8. The Hall–Kier alpha value is -2.01. The van der Waals surface area contributed by atoms with Crippen LogP contribution in [0.2, 0.25) is 0 Å². The average Bonchev–Trinajstić information content (AvgIpc) is 2.41. The van der Waals surface area contributed by atoms with Crippen LogP contribution in [-0.2, 0) is 0 Å². The summed E-state index contributed by atoms with van der Waals surface area (Å²) in [6, 6.07) is 12.3. The van der Waals surface area contributed by atoms with Crippen LogP contribution in [0.25, 0.3) is 0 Å². The fourth-order valence-corrected chi connectivity index (χ4v) is 2.07. The summed E-state index contributed by atoms with van der Waals surface area (Å²) in [6.07, 6.45) is 0. The number of nitrogen functional groups attached to an aromatic ring is 1. The highest BCUT2D eigenvalue weighted by molar-refractivity contribution is 9.10. The number of rotatable bonds is 3. The zero-order valence-electron chi connectivity index (χ0n) is 10.3. The van der Waals surface area contributed by atoms with Gasteiger partial charge in [-0.2, -0.15) is 0 Å².